The minimum absolute atomic E-state index is 0.111. The summed E-state index contributed by atoms with van der Waals surface area (Å²) in [4.78, 5) is 39.1. The summed E-state index contributed by atoms with van der Waals surface area (Å²) < 4.78 is 10.9. The van der Waals surface area contributed by atoms with Gasteiger partial charge in [0.2, 0.25) is 0 Å². The molecule has 1 aliphatic carbocycles. The van der Waals surface area contributed by atoms with Crippen LogP contribution in [0.5, 0.6) is 0 Å². The first-order valence-electron chi connectivity index (χ1n) is 11.1. The summed E-state index contributed by atoms with van der Waals surface area (Å²) >= 11 is 0. The van der Waals surface area contributed by atoms with E-state index in [0.29, 0.717) is 5.56 Å². The standard InChI is InChI=1S/C25H36O6/c1-7-17-8-10-18(11-9-17)20-21(23(27)30-13-15(2)3)19(26)12-25(6,29)22(20)24(28)31-14-16(4)5/h8-11,15-16,20-22,29H,7,12-14H2,1-6H3/t20-,21-,22+,25+/m1/s1. The molecule has 0 spiro atoms. The van der Waals surface area contributed by atoms with Gasteiger partial charge in [-0.25, -0.2) is 0 Å². The molecule has 1 aliphatic rings. The molecule has 0 aromatic heterocycles. The summed E-state index contributed by atoms with van der Waals surface area (Å²) in [6.07, 6.45) is 0.529. The van der Waals surface area contributed by atoms with E-state index in [4.69, 9.17) is 9.47 Å². The predicted octanol–water partition coefficient (Wildman–Crippen LogP) is 3.69. The fraction of sp³-hybridized carbons (Fsp3) is 0.640. The molecule has 6 nitrogen and oxygen atoms in total. The molecule has 4 atom stereocenters. The van der Waals surface area contributed by atoms with Gasteiger partial charge in [-0.15, -0.1) is 0 Å². The number of hydrogen-bond acceptors (Lipinski definition) is 6. The molecule has 0 heterocycles. The van der Waals surface area contributed by atoms with E-state index in [2.05, 4.69) is 0 Å². The molecule has 1 aromatic carbocycles. The number of benzene rings is 1. The van der Waals surface area contributed by atoms with Crippen molar-refractivity contribution >= 4 is 17.7 Å². The first kappa shape index (κ1) is 25.1. The van der Waals surface area contributed by atoms with Crippen molar-refractivity contribution in [3.8, 4) is 0 Å². The van der Waals surface area contributed by atoms with Gasteiger partial charge in [0.05, 0.1) is 24.7 Å². The highest BCUT2D eigenvalue weighted by atomic mass is 16.5. The minimum atomic E-state index is -1.63. The molecule has 0 unspecified atom stereocenters. The van der Waals surface area contributed by atoms with Gasteiger partial charge in [0.1, 0.15) is 5.92 Å². The summed E-state index contributed by atoms with van der Waals surface area (Å²) in [7, 11) is 0. The van der Waals surface area contributed by atoms with Crippen molar-refractivity contribution in [3.63, 3.8) is 0 Å². The minimum Gasteiger partial charge on any atom is -0.465 e. The largest absolute Gasteiger partial charge is 0.465 e. The smallest absolute Gasteiger partial charge is 0.317 e. The lowest BCUT2D eigenvalue weighted by Gasteiger charge is -2.43. The van der Waals surface area contributed by atoms with Gasteiger partial charge >= 0.3 is 11.9 Å². The number of hydrogen-bond donors (Lipinski definition) is 1. The Hall–Kier alpha value is -2.21. The van der Waals surface area contributed by atoms with Crippen molar-refractivity contribution in [1.82, 2.24) is 0 Å². The number of ketones is 1. The second kappa shape index (κ2) is 10.4. The van der Waals surface area contributed by atoms with Gasteiger partial charge < -0.3 is 14.6 Å². The van der Waals surface area contributed by atoms with Crippen molar-refractivity contribution in [2.75, 3.05) is 13.2 Å². The van der Waals surface area contributed by atoms with Crippen LogP contribution in [-0.4, -0.2) is 41.6 Å². The molecule has 1 N–H and O–H groups in total. The highest BCUT2D eigenvalue weighted by molar-refractivity contribution is 6.02. The summed E-state index contributed by atoms with van der Waals surface area (Å²) in [5.41, 5.74) is 0.104. The van der Waals surface area contributed by atoms with Crippen LogP contribution in [0, 0.1) is 23.7 Å². The van der Waals surface area contributed by atoms with Gasteiger partial charge in [-0.2, -0.15) is 0 Å². The van der Waals surface area contributed by atoms with Crippen molar-refractivity contribution in [3.05, 3.63) is 35.4 Å². The van der Waals surface area contributed by atoms with E-state index in [1.165, 1.54) is 6.92 Å². The van der Waals surface area contributed by atoms with Crippen LogP contribution in [0.15, 0.2) is 24.3 Å². The number of esters is 2. The number of ether oxygens (including phenoxy) is 2. The van der Waals surface area contributed by atoms with E-state index >= 15 is 0 Å². The van der Waals surface area contributed by atoms with Crippen LogP contribution in [0.1, 0.15) is 65.0 Å². The molecule has 0 bridgehead atoms. The third-order valence-electron chi connectivity index (χ3n) is 5.67. The lowest BCUT2D eigenvalue weighted by molar-refractivity contribution is -0.173. The summed E-state index contributed by atoms with van der Waals surface area (Å²) in [6, 6.07) is 7.47. The van der Waals surface area contributed by atoms with E-state index in [1.807, 2.05) is 58.9 Å². The number of carbonyl (C=O) groups excluding carboxylic acids is 3. The second-order valence-corrected chi connectivity index (χ2v) is 9.62. The molecule has 0 saturated heterocycles. The van der Waals surface area contributed by atoms with E-state index < -0.39 is 41.1 Å². The Balaban J connectivity index is 2.52. The maximum Gasteiger partial charge on any atom is 0.317 e. The summed E-state index contributed by atoms with van der Waals surface area (Å²) in [5.74, 6) is -4.53. The van der Waals surface area contributed by atoms with Crippen LogP contribution in [-0.2, 0) is 30.3 Å². The van der Waals surface area contributed by atoms with Crippen LogP contribution >= 0.6 is 0 Å². The van der Waals surface area contributed by atoms with E-state index in [9.17, 15) is 19.5 Å². The Kier molecular flexibility index (Phi) is 8.41. The zero-order valence-electron chi connectivity index (χ0n) is 19.5. The molecule has 172 valence electrons. The van der Waals surface area contributed by atoms with Crippen molar-refractivity contribution in [1.29, 1.82) is 0 Å². The number of rotatable bonds is 8. The number of aryl methyl sites for hydroxylation is 1. The topological polar surface area (TPSA) is 89.9 Å². The highest BCUT2D eigenvalue weighted by Gasteiger charge is 2.57. The lowest BCUT2D eigenvalue weighted by atomic mass is 9.61. The average molecular weight is 433 g/mol. The van der Waals surface area contributed by atoms with Crippen LogP contribution < -0.4 is 0 Å². The maximum absolute atomic E-state index is 13.1. The molecular formula is C25H36O6. The van der Waals surface area contributed by atoms with Crippen molar-refractivity contribution in [2.45, 2.75) is 65.9 Å². The quantitative estimate of drug-likeness (QED) is 0.498. The fourth-order valence-corrected chi connectivity index (χ4v) is 4.07. The molecule has 1 fully saturated rings. The SMILES string of the molecule is CCc1ccc([C@@H]2[C@H](C(=O)OCC(C)C)C(=O)C[C@](C)(O)[C@@H]2C(=O)OCC(C)C)cc1. The highest BCUT2D eigenvalue weighted by Crippen LogP contribution is 2.46. The monoisotopic (exact) mass is 432 g/mol. The Morgan fingerprint density at radius 3 is 2.03 bits per heavy atom. The van der Waals surface area contributed by atoms with Gasteiger partial charge in [-0.3, -0.25) is 14.4 Å². The number of Topliss-reactive ketones (excluding diaryl/α,β-unsaturated/α-hetero) is 1. The van der Waals surface area contributed by atoms with Crippen molar-refractivity contribution in [2.24, 2.45) is 23.7 Å². The van der Waals surface area contributed by atoms with Gasteiger partial charge in [0, 0.05) is 12.3 Å². The zero-order valence-corrected chi connectivity index (χ0v) is 19.5. The van der Waals surface area contributed by atoms with Gasteiger partial charge in [-0.1, -0.05) is 58.9 Å². The molecule has 2 rings (SSSR count). The molecule has 0 aliphatic heterocycles. The van der Waals surface area contributed by atoms with E-state index in [-0.39, 0.29) is 31.5 Å². The maximum atomic E-state index is 13.1. The second-order valence-electron chi connectivity index (χ2n) is 9.62. The van der Waals surface area contributed by atoms with Gasteiger partial charge in [0.25, 0.3) is 0 Å². The lowest BCUT2D eigenvalue weighted by Crippen LogP contribution is -2.55. The molecular weight excluding hydrogens is 396 g/mol. The number of aliphatic hydroxyl groups is 1. The molecule has 0 amide bonds. The van der Waals surface area contributed by atoms with Gasteiger partial charge in [0.15, 0.2) is 5.78 Å². The molecule has 1 saturated carbocycles. The third-order valence-corrected chi connectivity index (χ3v) is 5.67. The molecule has 1 aromatic rings. The van der Waals surface area contributed by atoms with E-state index in [1.54, 1.807) is 0 Å². The van der Waals surface area contributed by atoms with Crippen LogP contribution in [0.4, 0.5) is 0 Å². The van der Waals surface area contributed by atoms with Crippen LogP contribution in [0.25, 0.3) is 0 Å². The Labute approximate surface area is 185 Å². The molecule has 0 radical (unpaired) electrons. The average Bonchev–Trinajstić information content (AvgIpc) is 2.69. The third kappa shape index (κ3) is 6.16. The first-order chi connectivity index (χ1) is 14.5. The Bertz CT molecular complexity index is 778. The Morgan fingerprint density at radius 1 is 1.03 bits per heavy atom. The first-order valence-corrected chi connectivity index (χ1v) is 11.1. The zero-order chi connectivity index (χ0) is 23.3. The van der Waals surface area contributed by atoms with Crippen molar-refractivity contribution < 1.29 is 29.0 Å². The number of carbonyl (C=O) groups is 3. The summed E-state index contributed by atoms with van der Waals surface area (Å²) in [5, 5.41) is 11.1. The van der Waals surface area contributed by atoms with E-state index in [0.717, 1.165) is 12.0 Å². The normalized spacial score (nSPS) is 26.2. The van der Waals surface area contributed by atoms with Gasteiger partial charge in [-0.05, 0) is 36.3 Å². The summed E-state index contributed by atoms with van der Waals surface area (Å²) in [6.45, 7) is 11.5. The van der Waals surface area contributed by atoms with Crippen LogP contribution in [0.3, 0.4) is 0 Å². The van der Waals surface area contributed by atoms with Crippen LogP contribution in [0.2, 0.25) is 0 Å². The Morgan fingerprint density at radius 2 is 1.55 bits per heavy atom. The molecule has 31 heavy (non-hydrogen) atoms. The molecule has 6 heteroatoms. The predicted molar refractivity (Wildman–Crippen MR) is 117 cm³/mol. The fourth-order valence-electron chi connectivity index (χ4n) is 4.07.